The zero-order valence-electron chi connectivity index (χ0n) is 28.9. The molecule has 10 aromatic rings. The molecule has 0 amide bonds. The molecule has 0 spiro atoms. The van der Waals surface area contributed by atoms with Crippen molar-refractivity contribution < 1.29 is 9.52 Å². The Morgan fingerprint density at radius 2 is 1.17 bits per heavy atom. The fraction of sp³-hybridized carbons (Fsp3) is 0. The van der Waals surface area contributed by atoms with Crippen molar-refractivity contribution in [2.45, 2.75) is 0 Å². The lowest BCUT2D eigenvalue weighted by Gasteiger charge is -2.25. The van der Waals surface area contributed by atoms with Crippen LogP contribution in [0.5, 0.6) is 5.75 Å². The normalized spacial score (nSPS) is 11.4. The van der Waals surface area contributed by atoms with Gasteiger partial charge in [0.05, 0.1) is 21.5 Å². The van der Waals surface area contributed by atoms with Gasteiger partial charge in [0.2, 0.25) is 0 Å². The summed E-state index contributed by atoms with van der Waals surface area (Å²) in [4.78, 5) is 12.8. The maximum absolute atomic E-state index is 11.1. The van der Waals surface area contributed by atoms with Crippen LogP contribution in [0, 0.1) is 0 Å². The Balaban J connectivity index is 1.15. The molecule has 0 radical (unpaired) electrons. The number of rotatable bonds is 7. The summed E-state index contributed by atoms with van der Waals surface area (Å²) >= 11 is 1.55. The maximum atomic E-state index is 11.1. The summed E-state index contributed by atoms with van der Waals surface area (Å²) in [6, 6.07) is 61.7. The molecule has 1 N–H and O–H groups in total. The molecule has 3 heterocycles. The van der Waals surface area contributed by atoms with E-state index in [0.717, 1.165) is 82.3 Å². The fourth-order valence-corrected chi connectivity index (χ4v) is 8.25. The average Bonchev–Trinajstić information content (AvgIpc) is 3.84. The van der Waals surface area contributed by atoms with E-state index in [1.807, 2.05) is 66.7 Å². The second-order valence-electron chi connectivity index (χ2n) is 13.2. The Labute approximate surface area is 315 Å². The zero-order valence-corrected chi connectivity index (χ0v) is 29.7. The number of anilines is 3. The third-order valence-corrected chi connectivity index (χ3v) is 10.9. The Hall–Kier alpha value is -7.02. The fourth-order valence-electron chi connectivity index (χ4n) is 7.23. The molecule has 5 nitrogen and oxygen atoms in total. The van der Waals surface area contributed by atoms with Crippen molar-refractivity contribution in [1.82, 2.24) is 9.97 Å². The topological polar surface area (TPSA) is 62.4 Å². The Morgan fingerprint density at radius 1 is 0.500 bits per heavy atom. The van der Waals surface area contributed by atoms with Crippen LogP contribution in [0.15, 0.2) is 186 Å². The van der Waals surface area contributed by atoms with Crippen molar-refractivity contribution in [2.24, 2.45) is 0 Å². The van der Waals surface area contributed by atoms with E-state index in [9.17, 15) is 5.11 Å². The van der Waals surface area contributed by atoms with Crippen molar-refractivity contribution in [2.75, 3.05) is 4.90 Å². The summed E-state index contributed by atoms with van der Waals surface area (Å²) in [6.45, 7) is 0. The van der Waals surface area contributed by atoms with Gasteiger partial charge in [-0.25, -0.2) is 9.97 Å². The van der Waals surface area contributed by atoms with Crippen LogP contribution in [0.3, 0.4) is 0 Å². The first-order valence-electron chi connectivity index (χ1n) is 17.8. The average molecular weight is 714 g/mol. The van der Waals surface area contributed by atoms with Crippen LogP contribution in [0.2, 0.25) is 0 Å². The highest BCUT2D eigenvalue weighted by molar-refractivity contribution is 7.21. The number of hydrogen-bond donors (Lipinski definition) is 1. The van der Waals surface area contributed by atoms with E-state index in [0.29, 0.717) is 11.1 Å². The summed E-state index contributed by atoms with van der Waals surface area (Å²) in [6.07, 6.45) is 0. The summed E-state index contributed by atoms with van der Waals surface area (Å²) in [5.74, 6) is 0.190. The van der Waals surface area contributed by atoms with Crippen molar-refractivity contribution >= 4 is 60.6 Å². The summed E-state index contributed by atoms with van der Waals surface area (Å²) in [5, 5.41) is 13.8. The van der Waals surface area contributed by atoms with Gasteiger partial charge in [-0.3, -0.25) is 0 Å². The van der Waals surface area contributed by atoms with Crippen molar-refractivity contribution in [1.29, 1.82) is 0 Å². The predicted octanol–water partition coefficient (Wildman–Crippen LogP) is 13.4. The lowest BCUT2D eigenvalue weighted by molar-refractivity contribution is 0.477. The largest absolute Gasteiger partial charge is 0.507 e. The Bertz CT molecular complexity index is 2920. The van der Waals surface area contributed by atoms with Gasteiger partial charge in [0.25, 0.3) is 0 Å². The van der Waals surface area contributed by atoms with E-state index in [2.05, 4.69) is 114 Å². The molecule has 0 fully saturated rings. The van der Waals surface area contributed by atoms with Crippen LogP contribution in [-0.2, 0) is 0 Å². The highest BCUT2D eigenvalue weighted by Gasteiger charge is 2.22. The molecule has 3 aromatic heterocycles. The van der Waals surface area contributed by atoms with Gasteiger partial charge in [-0.2, -0.15) is 0 Å². The van der Waals surface area contributed by atoms with Crippen LogP contribution in [0.25, 0.3) is 76.4 Å². The second-order valence-corrected chi connectivity index (χ2v) is 14.2. The molecule has 0 aliphatic rings. The van der Waals surface area contributed by atoms with Gasteiger partial charge in [-0.1, -0.05) is 115 Å². The van der Waals surface area contributed by atoms with Crippen LogP contribution >= 0.6 is 11.3 Å². The van der Waals surface area contributed by atoms with Gasteiger partial charge in [0.15, 0.2) is 5.58 Å². The number of pyridine rings is 1. The van der Waals surface area contributed by atoms with E-state index in [1.54, 1.807) is 17.4 Å². The molecule has 0 bridgehead atoms. The molecule has 0 aliphatic carbocycles. The van der Waals surface area contributed by atoms with Gasteiger partial charge in [-0.05, 0) is 77.9 Å². The molecule has 7 aromatic carbocycles. The van der Waals surface area contributed by atoms with Crippen LogP contribution in [0.4, 0.5) is 17.1 Å². The summed E-state index contributed by atoms with van der Waals surface area (Å²) < 4.78 is 7.59. The molecule has 0 saturated carbocycles. The lowest BCUT2D eigenvalue weighted by atomic mass is 10.0. The van der Waals surface area contributed by atoms with Gasteiger partial charge < -0.3 is 14.4 Å². The minimum absolute atomic E-state index is 0.190. The van der Waals surface area contributed by atoms with Crippen molar-refractivity contribution in [3.63, 3.8) is 0 Å². The standard InChI is InChI=1S/C48H31N3O2S/c52-42-27-26-32(31-14-4-1-5-15-31)29-40(42)48-50-45-38(23-13-25-44(45)54-48)46-47-39(37-22-10-11-24-43(37)53-47)30-41(49-46)33-16-12-21-36(28-33)51(34-17-6-2-7-18-34)35-19-8-3-9-20-35/h1-30,52H. The number of phenols is 1. The number of hydrogen-bond acceptors (Lipinski definition) is 6. The van der Waals surface area contributed by atoms with Gasteiger partial charge in [0.1, 0.15) is 22.0 Å². The predicted molar refractivity (Wildman–Crippen MR) is 223 cm³/mol. The number of furan rings is 1. The molecule has 54 heavy (non-hydrogen) atoms. The Kier molecular flexibility index (Phi) is 7.74. The van der Waals surface area contributed by atoms with Gasteiger partial charge >= 0.3 is 0 Å². The first kappa shape index (κ1) is 31.7. The van der Waals surface area contributed by atoms with E-state index < -0.39 is 0 Å². The van der Waals surface area contributed by atoms with Crippen molar-refractivity contribution in [3.8, 4) is 50.0 Å². The van der Waals surface area contributed by atoms with E-state index in [1.165, 1.54) is 0 Å². The zero-order chi connectivity index (χ0) is 36.0. The molecule has 6 heteroatoms. The SMILES string of the molecule is Oc1ccc(-c2ccccc2)cc1-c1nc2c(-c3nc(-c4cccc(N(c5ccccc5)c5ccccc5)c4)cc4c3oc3ccccc34)cccc2s1. The monoisotopic (exact) mass is 713 g/mol. The lowest BCUT2D eigenvalue weighted by Crippen LogP contribution is -2.09. The van der Waals surface area contributed by atoms with E-state index >= 15 is 0 Å². The van der Waals surface area contributed by atoms with Gasteiger partial charge in [0, 0.05) is 39.0 Å². The number of aromatic nitrogens is 2. The van der Waals surface area contributed by atoms with Crippen LogP contribution < -0.4 is 4.90 Å². The van der Waals surface area contributed by atoms with E-state index in [4.69, 9.17) is 14.4 Å². The number of aromatic hydroxyl groups is 1. The first-order valence-corrected chi connectivity index (χ1v) is 18.6. The molecular formula is C48H31N3O2S. The highest BCUT2D eigenvalue weighted by atomic mass is 32.1. The molecule has 0 atom stereocenters. The van der Waals surface area contributed by atoms with Gasteiger partial charge in [-0.15, -0.1) is 11.3 Å². The third-order valence-electron chi connectivity index (χ3n) is 9.80. The van der Waals surface area contributed by atoms with Crippen LogP contribution in [0.1, 0.15) is 0 Å². The van der Waals surface area contributed by atoms with Crippen molar-refractivity contribution in [3.05, 3.63) is 182 Å². The first-order chi connectivity index (χ1) is 26.7. The summed E-state index contributed by atoms with van der Waals surface area (Å²) in [7, 11) is 0. The molecule has 256 valence electrons. The number of benzene rings is 7. The number of nitrogens with zero attached hydrogens (tertiary/aromatic N) is 3. The molecule has 10 rings (SSSR count). The number of para-hydroxylation sites is 4. The molecule has 0 saturated heterocycles. The number of phenolic OH excluding ortho intramolecular Hbond substituents is 1. The van der Waals surface area contributed by atoms with E-state index in [-0.39, 0.29) is 5.75 Å². The molecular weight excluding hydrogens is 683 g/mol. The number of thiazole rings is 1. The smallest absolute Gasteiger partial charge is 0.161 e. The van der Waals surface area contributed by atoms with Crippen LogP contribution in [-0.4, -0.2) is 15.1 Å². The number of fused-ring (bicyclic) bond motifs is 4. The minimum atomic E-state index is 0.190. The third kappa shape index (κ3) is 5.57. The Morgan fingerprint density at radius 3 is 1.94 bits per heavy atom. The minimum Gasteiger partial charge on any atom is -0.507 e. The molecule has 0 aliphatic heterocycles. The quantitative estimate of drug-likeness (QED) is 0.178. The highest BCUT2D eigenvalue weighted by Crippen LogP contribution is 2.44. The second kappa shape index (κ2) is 13.2. The molecule has 0 unspecified atom stereocenters. The summed E-state index contributed by atoms with van der Waals surface area (Å²) in [5.41, 5.74) is 11.6. The maximum Gasteiger partial charge on any atom is 0.161 e.